The van der Waals surface area contributed by atoms with Crippen LogP contribution < -0.4 is 4.74 Å². The molecule has 0 N–H and O–H groups in total. The summed E-state index contributed by atoms with van der Waals surface area (Å²) in [5.74, 6) is 1.03. The Labute approximate surface area is 117 Å². The molecule has 2 aromatic heterocycles. The number of aromatic nitrogens is 2. The van der Waals surface area contributed by atoms with Gasteiger partial charge in [0, 0.05) is 10.9 Å². The van der Waals surface area contributed by atoms with Gasteiger partial charge in [-0.2, -0.15) is 0 Å². The summed E-state index contributed by atoms with van der Waals surface area (Å²) >= 11 is 0. The second-order valence-electron chi connectivity index (χ2n) is 4.92. The standard InChI is InChI=1S/C16H15N2O2/c1-10(2)13-9-20-18-15(13)12-8-17-14-7-5-4-6-11(14)16(12)19-3/h4-7,9-10H,1-3H3. The first-order valence-corrected chi connectivity index (χ1v) is 6.51. The van der Waals surface area contributed by atoms with Gasteiger partial charge in [-0.25, -0.2) is 4.98 Å². The van der Waals surface area contributed by atoms with Gasteiger partial charge in [0.25, 0.3) is 0 Å². The fourth-order valence-corrected chi connectivity index (χ4v) is 2.28. The topological polar surface area (TPSA) is 48.2 Å². The van der Waals surface area contributed by atoms with E-state index in [1.54, 1.807) is 13.4 Å². The zero-order chi connectivity index (χ0) is 14.1. The fraction of sp³-hybridized carbons (Fsp3) is 0.250. The zero-order valence-electron chi connectivity index (χ0n) is 11.7. The normalized spacial score (nSPS) is 11.2. The van der Waals surface area contributed by atoms with Gasteiger partial charge < -0.3 is 9.26 Å². The molecule has 0 fully saturated rings. The number of rotatable bonds is 3. The van der Waals surface area contributed by atoms with Gasteiger partial charge in [0.1, 0.15) is 23.9 Å². The Hall–Kier alpha value is -2.36. The number of hydrogen-bond donors (Lipinski definition) is 0. The van der Waals surface area contributed by atoms with E-state index >= 15 is 0 Å². The van der Waals surface area contributed by atoms with Crippen LogP contribution in [-0.4, -0.2) is 17.3 Å². The third-order valence-corrected chi connectivity index (χ3v) is 3.32. The van der Waals surface area contributed by atoms with Crippen molar-refractivity contribution in [1.82, 2.24) is 10.1 Å². The van der Waals surface area contributed by atoms with Crippen LogP contribution in [0.25, 0.3) is 22.2 Å². The molecule has 0 spiro atoms. The van der Waals surface area contributed by atoms with E-state index in [1.165, 1.54) is 0 Å². The fourth-order valence-electron chi connectivity index (χ4n) is 2.28. The molecule has 0 saturated heterocycles. The number of benzene rings is 1. The molecule has 0 unspecified atom stereocenters. The molecule has 0 amide bonds. The van der Waals surface area contributed by atoms with Crippen LogP contribution in [0.2, 0.25) is 0 Å². The quantitative estimate of drug-likeness (QED) is 0.723. The Bertz CT molecular complexity index is 747. The Morgan fingerprint density at radius 1 is 1.25 bits per heavy atom. The molecule has 1 radical (unpaired) electrons. The number of methoxy groups -OCH3 is 1. The molecule has 0 bridgehead atoms. The molecule has 4 nitrogen and oxygen atoms in total. The van der Waals surface area contributed by atoms with Crippen molar-refractivity contribution in [3.05, 3.63) is 42.3 Å². The van der Waals surface area contributed by atoms with Gasteiger partial charge in [-0.15, -0.1) is 0 Å². The third kappa shape index (κ3) is 1.93. The van der Waals surface area contributed by atoms with E-state index in [9.17, 15) is 0 Å². The van der Waals surface area contributed by atoms with Crippen molar-refractivity contribution in [1.29, 1.82) is 0 Å². The summed E-state index contributed by atoms with van der Waals surface area (Å²) in [5, 5.41) is 5.04. The third-order valence-electron chi connectivity index (χ3n) is 3.32. The van der Waals surface area contributed by atoms with E-state index in [4.69, 9.17) is 9.26 Å². The monoisotopic (exact) mass is 267 g/mol. The van der Waals surface area contributed by atoms with Crippen LogP contribution in [0.1, 0.15) is 25.3 Å². The SMILES string of the molecule is COc1c(-c2nocc2C(C)C)[c]nc2ccccc12. The predicted molar refractivity (Wildman–Crippen MR) is 76.7 cm³/mol. The molecular formula is C16H15N2O2. The predicted octanol–water partition coefficient (Wildman–Crippen LogP) is 3.82. The van der Waals surface area contributed by atoms with E-state index in [0.717, 1.165) is 33.5 Å². The van der Waals surface area contributed by atoms with Crippen LogP contribution in [0.15, 0.2) is 35.1 Å². The number of nitrogens with zero attached hydrogens (tertiary/aromatic N) is 2. The minimum Gasteiger partial charge on any atom is -0.495 e. The van der Waals surface area contributed by atoms with E-state index < -0.39 is 0 Å². The van der Waals surface area contributed by atoms with Gasteiger partial charge in [0.2, 0.25) is 0 Å². The molecule has 101 valence electrons. The summed E-state index contributed by atoms with van der Waals surface area (Å²) in [5.41, 5.74) is 3.36. The summed E-state index contributed by atoms with van der Waals surface area (Å²) < 4.78 is 10.7. The van der Waals surface area contributed by atoms with Crippen molar-refractivity contribution < 1.29 is 9.26 Å². The molecule has 0 aliphatic carbocycles. The maximum absolute atomic E-state index is 5.56. The Kier molecular flexibility index (Phi) is 3.14. The first-order chi connectivity index (χ1) is 9.72. The maximum Gasteiger partial charge on any atom is 0.140 e. The Morgan fingerprint density at radius 3 is 2.80 bits per heavy atom. The molecule has 0 aliphatic rings. The van der Waals surface area contributed by atoms with E-state index in [2.05, 4.69) is 30.2 Å². The Balaban J connectivity index is 2.28. The lowest BCUT2D eigenvalue weighted by atomic mass is 9.99. The van der Waals surface area contributed by atoms with Crippen LogP contribution in [0, 0.1) is 6.20 Å². The minimum atomic E-state index is 0.306. The highest BCUT2D eigenvalue weighted by Crippen LogP contribution is 2.37. The number of pyridine rings is 1. The van der Waals surface area contributed by atoms with Gasteiger partial charge in [-0.3, -0.25) is 0 Å². The highest BCUT2D eigenvalue weighted by atomic mass is 16.5. The van der Waals surface area contributed by atoms with Gasteiger partial charge in [-0.05, 0) is 18.1 Å². The molecule has 1 aromatic carbocycles. The lowest BCUT2D eigenvalue weighted by Crippen LogP contribution is -1.95. The molecule has 0 saturated carbocycles. The van der Waals surface area contributed by atoms with Crippen molar-refractivity contribution in [2.75, 3.05) is 7.11 Å². The molecule has 0 atom stereocenters. The molecule has 3 aromatic rings. The van der Waals surface area contributed by atoms with Crippen molar-refractivity contribution >= 4 is 10.9 Å². The lowest BCUT2D eigenvalue weighted by molar-refractivity contribution is 0.413. The summed E-state index contributed by atoms with van der Waals surface area (Å²) in [6.07, 6.45) is 4.70. The molecular weight excluding hydrogens is 252 g/mol. The number of ether oxygens (including phenoxy) is 1. The number of para-hydroxylation sites is 1. The smallest absolute Gasteiger partial charge is 0.140 e. The zero-order valence-corrected chi connectivity index (χ0v) is 11.7. The van der Waals surface area contributed by atoms with E-state index in [-0.39, 0.29) is 0 Å². The molecule has 4 heteroatoms. The van der Waals surface area contributed by atoms with Gasteiger partial charge in [-0.1, -0.05) is 31.1 Å². The molecule has 20 heavy (non-hydrogen) atoms. The second kappa shape index (κ2) is 4.96. The van der Waals surface area contributed by atoms with Gasteiger partial charge in [0.15, 0.2) is 0 Å². The maximum atomic E-state index is 5.56. The molecule has 3 rings (SSSR count). The van der Waals surface area contributed by atoms with Crippen molar-refractivity contribution in [2.24, 2.45) is 0 Å². The Morgan fingerprint density at radius 2 is 2.05 bits per heavy atom. The highest BCUT2D eigenvalue weighted by molar-refractivity contribution is 5.91. The number of hydrogen-bond acceptors (Lipinski definition) is 4. The van der Waals surface area contributed by atoms with Crippen LogP contribution in [0.3, 0.4) is 0 Å². The highest BCUT2D eigenvalue weighted by Gasteiger charge is 2.19. The van der Waals surface area contributed by atoms with Crippen LogP contribution in [0.4, 0.5) is 0 Å². The average Bonchev–Trinajstić information content (AvgIpc) is 2.95. The van der Waals surface area contributed by atoms with Gasteiger partial charge in [0.05, 0.1) is 18.2 Å². The van der Waals surface area contributed by atoms with Crippen LogP contribution in [-0.2, 0) is 0 Å². The van der Waals surface area contributed by atoms with Crippen molar-refractivity contribution in [2.45, 2.75) is 19.8 Å². The van der Waals surface area contributed by atoms with Crippen LogP contribution >= 0.6 is 0 Å². The first kappa shape index (κ1) is 12.7. The summed E-state index contributed by atoms with van der Waals surface area (Å²) in [6.45, 7) is 4.19. The lowest BCUT2D eigenvalue weighted by Gasteiger charge is -2.10. The molecule has 0 aliphatic heterocycles. The van der Waals surface area contributed by atoms with E-state index in [0.29, 0.717) is 5.92 Å². The summed E-state index contributed by atoms with van der Waals surface area (Å²) in [6, 6.07) is 7.82. The summed E-state index contributed by atoms with van der Waals surface area (Å²) in [4.78, 5) is 4.36. The van der Waals surface area contributed by atoms with Crippen molar-refractivity contribution in [3.63, 3.8) is 0 Å². The van der Waals surface area contributed by atoms with Gasteiger partial charge >= 0.3 is 0 Å². The average molecular weight is 267 g/mol. The number of fused-ring (bicyclic) bond motifs is 1. The van der Waals surface area contributed by atoms with E-state index in [1.807, 2.05) is 24.3 Å². The largest absolute Gasteiger partial charge is 0.495 e. The summed E-state index contributed by atoms with van der Waals surface area (Å²) in [7, 11) is 1.65. The van der Waals surface area contributed by atoms with Crippen LogP contribution in [0.5, 0.6) is 5.75 Å². The molecule has 2 heterocycles. The minimum absolute atomic E-state index is 0.306. The van der Waals surface area contributed by atoms with Crippen molar-refractivity contribution in [3.8, 4) is 17.0 Å². The second-order valence-corrected chi connectivity index (χ2v) is 4.92. The first-order valence-electron chi connectivity index (χ1n) is 6.51.